The summed E-state index contributed by atoms with van der Waals surface area (Å²) in [5.41, 5.74) is 4.12. The van der Waals surface area contributed by atoms with Gasteiger partial charge in [0.15, 0.2) is 0 Å². The normalized spacial score (nSPS) is 10.5. The molecule has 0 aliphatic rings. The van der Waals surface area contributed by atoms with E-state index in [2.05, 4.69) is 66.8 Å². The van der Waals surface area contributed by atoms with Crippen LogP contribution in [0, 0.1) is 6.92 Å². The lowest BCUT2D eigenvalue weighted by atomic mass is 10.1. The Labute approximate surface area is 110 Å². The lowest BCUT2D eigenvalue weighted by molar-refractivity contribution is 0.649. The first-order chi connectivity index (χ1) is 8.84. The average molecular weight is 239 g/mol. The molecule has 0 saturated heterocycles. The van der Waals surface area contributed by atoms with Crippen molar-refractivity contribution in [2.45, 2.75) is 26.3 Å². The van der Waals surface area contributed by atoms with E-state index < -0.39 is 0 Å². The van der Waals surface area contributed by atoms with Crippen molar-refractivity contribution in [2.24, 2.45) is 0 Å². The van der Waals surface area contributed by atoms with Gasteiger partial charge < -0.3 is 5.32 Å². The fourth-order valence-corrected chi connectivity index (χ4v) is 2.00. The molecule has 1 nitrogen and oxygen atoms in total. The lowest BCUT2D eigenvalue weighted by Gasteiger charge is -2.05. The number of benzene rings is 2. The van der Waals surface area contributed by atoms with Gasteiger partial charge in [0.1, 0.15) is 0 Å². The van der Waals surface area contributed by atoms with Crippen molar-refractivity contribution in [3.05, 3.63) is 71.3 Å². The van der Waals surface area contributed by atoms with Gasteiger partial charge in [-0.3, -0.25) is 0 Å². The van der Waals surface area contributed by atoms with E-state index in [1.165, 1.54) is 23.1 Å². The van der Waals surface area contributed by atoms with Crippen LogP contribution in [0.2, 0.25) is 0 Å². The molecule has 0 unspecified atom stereocenters. The molecule has 1 N–H and O–H groups in total. The zero-order chi connectivity index (χ0) is 12.6. The van der Waals surface area contributed by atoms with Crippen LogP contribution in [0.25, 0.3) is 0 Å². The summed E-state index contributed by atoms with van der Waals surface area (Å²) in [6.07, 6.45) is 2.35. The van der Waals surface area contributed by atoms with Crippen LogP contribution >= 0.6 is 0 Å². The smallest absolute Gasteiger partial charge is 0.0205 e. The minimum atomic E-state index is 0.967. The third-order valence-electron chi connectivity index (χ3n) is 3.11. The van der Waals surface area contributed by atoms with Gasteiger partial charge in [-0.1, -0.05) is 60.2 Å². The Balaban J connectivity index is 1.63. The molecule has 0 atom stereocenters. The molecule has 0 saturated carbocycles. The number of rotatable bonds is 6. The summed E-state index contributed by atoms with van der Waals surface area (Å²) in [6.45, 7) is 4.17. The Bertz CT molecular complexity index is 445. The predicted octanol–water partition coefficient (Wildman–Crippen LogP) is 3.72. The quantitative estimate of drug-likeness (QED) is 0.758. The second kappa shape index (κ2) is 6.97. The van der Waals surface area contributed by atoms with Crippen molar-refractivity contribution in [1.82, 2.24) is 5.32 Å². The Morgan fingerprint density at radius 2 is 1.56 bits per heavy atom. The minimum absolute atomic E-state index is 0.967. The standard InChI is InChI=1S/C17H21N/c1-15-9-11-16(12-10-15)8-5-13-18-14-17-6-3-2-4-7-17/h2-4,6-7,9-12,18H,5,8,13-14H2,1H3. The van der Waals surface area contributed by atoms with Gasteiger partial charge in [0, 0.05) is 6.54 Å². The van der Waals surface area contributed by atoms with E-state index in [9.17, 15) is 0 Å². The van der Waals surface area contributed by atoms with Crippen molar-refractivity contribution < 1.29 is 0 Å². The largest absolute Gasteiger partial charge is 0.313 e. The molecule has 0 aliphatic carbocycles. The molecule has 2 rings (SSSR count). The second-order valence-electron chi connectivity index (χ2n) is 4.75. The van der Waals surface area contributed by atoms with Gasteiger partial charge in [-0.25, -0.2) is 0 Å². The molecule has 2 aromatic rings. The van der Waals surface area contributed by atoms with Gasteiger partial charge in [-0.2, -0.15) is 0 Å². The molecule has 1 heteroatoms. The highest BCUT2D eigenvalue weighted by Crippen LogP contribution is 2.05. The lowest BCUT2D eigenvalue weighted by Crippen LogP contribution is -2.15. The monoisotopic (exact) mass is 239 g/mol. The summed E-state index contributed by atoms with van der Waals surface area (Å²) < 4.78 is 0. The molecule has 0 amide bonds. The fraction of sp³-hybridized carbons (Fsp3) is 0.294. The van der Waals surface area contributed by atoms with Crippen LogP contribution < -0.4 is 5.32 Å². The second-order valence-corrected chi connectivity index (χ2v) is 4.75. The van der Waals surface area contributed by atoms with E-state index in [1.54, 1.807) is 0 Å². The summed E-state index contributed by atoms with van der Waals surface area (Å²) in [5, 5.41) is 3.48. The molecule has 2 aromatic carbocycles. The van der Waals surface area contributed by atoms with Gasteiger partial charge in [0.05, 0.1) is 0 Å². The van der Waals surface area contributed by atoms with Crippen LogP contribution in [0.15, 0.2) is 54.6 Å². The molecule has 18 heavy (non-hydrogen) atoms. The summed E-state index contributed by atoms with van der Waals surface area (Å²) in [4.78, 5) is 0. The van der Waals surface area contributed by atoms with E-state index in [0.29, 0.717) is 0 Å². The highest BCUT2D eigenvalue weighted by Gasteiger charge is 1.94. The zero-order valence-corrected chi connectivity index (χ0v) is 11.0. The van der Waals surface area contributed by atoms with Crippen LogP contribution in [0.5, 0.6) is 0 Å². The molecule has 0 bridgehead atoms. The molecule has 0 spiro atoms. The Kier molecular flexibility index (Phi) is 4.98. The molecule has 0 aromatic heterocycles. The third kappa shape index (κ3) is 4.34. The highest BCUT2D eigenvalue weighted by molar-refractivity contribution is 5.21. The SMILES string of the molecule is Cc1ccc(CCCNCc2ccccc2)cc1. The van der Waals surface area contributed by atoms with Crippen molar-refractivity contribution in [2.75, 3.05) is 6.54 Å². The number of hydrogen-bond acceptors (Lipinski definition) is 1. The van der Waals surface area contributed by atoms with Crippen LogP contribution in [0.4, 0.5) is 0 Å². The summed E-state index contributed by atoms with van der Waals surface area (Å²) in [6, 6.07) is 19.4. The van der Waals surface area contributed by atoms with Gasteiger partial charge in [-0.15, -0.1) is 0 Å². The first-order valence-corrected chi connectivity index (χ1v) is 6.65. The van der Waals surface area contributed by atoms with Crippen LogP contribution in [0.3, 0.4) is 0 Å². The first-order valence-electron chi connectivity index (χ1n) is 6.65. The van der Waals surface area contributed by atoms with Gasteiger partial charge in [0.25, 0.3) is 0 Å². The minimum Gasteiger partial charge on any atom is -0.313 e. The molecule has 0 aliphatic heterocycles. The number of hydrogen-bond donors (Lipinski definition) is 1. The van der Waals surface area contributed by atoms with E-state index in [0.717, 1.165) is 19.5 Å². The molecule has 94 valence electrons. The molecule has 0 heterocycles. The maximum absolute atomic E-state index is 3.48. The Hall–Kier alpha value is -1.60. The zero-order valence-electron chi connectivity index (χ0n) is 11.0. The maximum Gasteiger partial charge on any atom is 0.0205 e. The molecule has 0 fully saturated rings. The Morgan fingerprint density at radius 3 is 2.28 bits per heavy atom. The van der Waals surface area contributed by atoms with E-state index in [-0.39, 0.29) is 0 Å². The fourth-order valence-electron chi connectivity index (χ4n) is 2.00. The maximum atomic E-state index is 3.48. The number of aryl methyl sites for hydroxylation is 2. The van der Waals surface area contributed by atoms with Crippen LogP contribution in [-0.4, -0.2) is 6.54 Å². The highest BCUT2D eigenvalue weighted by atomic mass is 14.8. The number of nitrogens with one attached hydrogen (secondary N) is 1. The van der Waals surface area contributed by atoms with E-state index in [1.807, 2.05) is 0 Å². The summed E-state index contributed by atoms with van der Waals surface area (Å²) in [5.74, 6) is 0. The van der Waals surface area contributed by atoms with Gasteiger partial charge in [0.2, 0.25) is 0 Å². The summed E-state index contributed by atoms with van der Waals surface area (Å²) in [7, 11) is 0. The van der Waals surface area contributed by atoms with E-state index >= 15 is 0 Å². The van der Waals surface area contributed by atoms with E-state index in [4.69, 9.17) is 0 Å². The van der Waals surface area contributed by atoms with Gasteiger partial charge in [-0.05, 0) is 37.4 Å². The third-order valence-corrected chi connectivity index (χ3v) is 3.11. The Morgan fingerprint density at radius 1 is 0.833 bits per heavy atom. The van der Waals surface area contributed by atoms with Gasteiger partial charge >= 0.3 is 0 Å². The average Bonchev–Trinajstić information content (AvgIpc) is 2.42. The topological polar surface area (TPSA) is 12.0 Å². The van der Waals surface area contributed by atoms with Crippen molar-refractivity contribution in [1.29, 1.82) is 0 Å². The molecular weight excluding hydrogens is 218 g/mol. The van der Waals surface area contributed by atoms with Crippen molar-refractivity contribution in [3.8, 4) is 0 Å². The molecular formula is C17H21N. The van der Waals surface area contributed by atoms with Crippen molar-refractivity contribution in [3.63, 3.8) is 0 Å². The molecule has 0 radical (unpaired) electrons. The summed E-state index contributed by atoms with van der Waals surface area (Å²) >= 11 is 0. The van der Waals surface area contributed by atoms with Crippen LogP contribution in [-0.2, 0) is 13.0 Å². The first kappa shape index (κ1) is 12.8. The predicted molar refractivity (Wildman–Crippen MR) is 77.6 cm³/mol. The van der Waals surface area contributed by atoms with Crippen molar-refractivity contribution >= 4 is 0 Å². The van der Waals surface area contributed by atoms with Crippen LogP contribution in [0.1, 0.15) is 23.1 Å².